The molecule has 4 aromatic rings. The molecule has 33 heavy (non-hydrogen) atoms. The summed E-state index contributed by atoms with van der Waals surface area (Å²) in [6, 6.07) is 12.7. The minimum Gasteiger partial charge on any atom is -0.306 e. The molecule has 3 aromatic heterocycles. The van der Waals surface area contributed by atoms with Crippen LogP contribution in [0.25, 0.3) is 10.6 Å². The van der Waals surface area contributed by atoms with Gasteiger partial charge in [0.05, 0.1) is 5.56 Å². The molecule has 5 heterocycles. The van der Waals surface area contributed by atoms with Crippen LogP contribution in [-0.2, 0) is 5.66 Å². The van der Waals surface area contributed by atoms with E-state index >= 15 is 0 Å². The standard InChI is InChI=1S/C24H16ClN5O2S/c25-17-5-3-16(4-6-17)24-19-13-27-9-7-18(19)22(31)29(24)10-11-30(24)23(32)20-14-33-21(28-20)15-2-1-8-26-12-15/h1-9,12-14H,10-11H2/t24-/m1/s1. The molecule has 0 radical (unpaired) electrons. The number of nitrogens with zero attached hydrogens (tertiary/aromatic N) is 5. The molecule has 0 spiro atoms. The summed E-state index contributed by atoms with van der Waals surface area (Å²) in [7, 11) is 0. The van der Waals surface area contributed by atoms with Crippen molar-refractivity contribution in [3.63, 3.8) is 0 Å². The topological polar surface area (TPSA) is 79.3 Å². The Labute approximate surface area is 198 Å². The van der Waals surface area contributed by atoms with Crippen LogP contribution in [0.4, 0.5) is 0 Å². The van der Waals surface area contributed by atoms with E-state index in [1.165, 1.54) is 11.3 Å². The summed E-state index contributed by atoms with van der Waals surface area (Å²) in [6.45, 7) is 0.781. The number of amides is 2. The molecule has 0 unspecified atom stereocenters. The summed E-state index contributed by atoms with van der Waals surface area (Å²) < 4.78 is 0. The van der Waals surface area contributed by atoms with Crippen molar-refractivity contribution in [2.24, 2.45) is 0 Å². The second-order valence-electron chi connectivity index (χ2n) is 7.79. The summed E-state index contributed by atoms with van der Waals surface area (Å²) in [5.74, 6) is -0.365. The van der Waals surface area contributed by atoms with Crippen molar-refractivity contribution in [1.82, 2.24) is 24.8 Å². The van der Waals surface area contributed by atoms with Crippen LogP contribution in [0.1, 0.15) is 32.0 Å². The van der Waals surface area contributed by atoms with Crippen molar-refractivity contribution >= 4 is 34.8 Å². The maximum absolute atomic E-state index is 13.9. The fourth-order valence-corrected chi connectivity index (χ4v) is 5.65. The smallest absolute Gasteiger partial charge is 0.275 e. The molecule has 9 heteroatoms. The Balaban J connectivity index is 1.50. The van der Waals surface area contributed by atoms with Crippen LogP contribution < -0.4 is 0 Å². The number of pyridine rings is 2. The maximum atomic E-state index is 13.9. The molecule has 6 rings (SSSR count). The number of carbonyl (C=O) groups is 2. The summed E-state index contributed by atoms with van der Waals surface area (Å²) in [5.41, 5.74) is 2.10. The molecule has 0 N–H and O–H groups in total. The SMILES string of the molecule is O=C(c1csc(-c2cccnc2)n1)N1CCN2C(=O)c3ccncc3[C@@]12c1ccc(Cl)cc1. The minimum atomic E-state index is -1.10. The fraction of sp³-hybridized carbons (Fsp3) is 0.125. The van der Waals surface area contributed by atoms with Crippen LogP contribution in [0.3, 0.4) is 0 Å². The zero-order chi connectivity index (χ0) is 22.6. The van der Waals surface area contributed by atoms with Crippen molar-refractivity contribution < 1.29 is 9.59 Å². The third-order valence-electron chi connectivity index (χ3n) is 6.12. The number of hydrogen-bond acceptors (Lipinski definition) is 6. The van der Waals surface area contributed by atoms with Gasteiger partial charge in [-0.1, -0.05) is 23.7 Å². The van der Waals surface area contributed by atoms with Gasteiger partial charge in [0.15, 0.2) is 5.66 Å². The predicted octanol–water partition coefficient (Wildman–Crippen LogP) is 4.07. The van der Waals surface area contributed by atoms with E-state index in [4.69, 9.17) is 11.6 Å². The molecule has 2 aliphatic heterocycles. The molecular weight excluding hydrogens is 458 g/mol. The summed E-state index contributed by atoms with van der Waals surface area (Å²) in [4.78, 5) is 43.7. The summed E-state index contributed by atoms with van der Waals surface area (Å²) in [6.07, 6.45) is 6.69. The lowest BCUT2D eigenvalue weighted by atomic mass is 9.91. The highest BCUT2D eigenvalue weighted by atomic mass is 35.5. The maximum Gasteiger partial charge on any atom is 0.275 e. The van der Waals surface area contributed by atoms with Crippen molar-refractivity contribution in [2.75, 3.05) is 13.1 Å². The summed E-state index contributed by atoms with van der Waals surface area (Å²) in [5, 5.41) is 3.05. The molecule has 0 bridgehead atoms. The number of thiazole rings is 1. The third-order valence-corrected chi connectivity index (χ3v) is 7.27. The Hall–Kier alpha value is -3.62. The predicted molar refractivity (Wildman–Crippen MR) is 124 cm³/mol. The van der Waals surface area contributed by atoms with E-state index in [1.807, 2.05) is 24.3 Å². The molecule has 1 atom stereocenters. The average Bonchev–Trinajstić information content (AvgIpc) is 3.55. The van der Waals surface area contributed by atoms with Gasteiger partial charge < -0.3 is 9.80 Å². The molecular formula is C24H16ClN5O2S. The lowest BCUT2D eigenvalue weighted by Crippen LogP contribution is -2.51. The van der Waals surface area contributed by atoms with E-state index in [-0.39, 0.29) is 11.8 Å². The zero-order valence-corrected chi connectivity index (χ0v) is 18.8. The van der Waals surface area contributed by atoms with Gasteiger partial charge in [-0.05, 0) is 30.3 Å². The molecule has 0 saturated carbocycles. The van der Waals surface area contributed by atoms with Gasteiger partial charge >= 0.3 is 0 Å². The molecule has 1 fully saturated rings. The van der Waals surface area contributed by atoms with Crippen LogP contribution in [0.5, 0.6) is 0 Å². The van der Waals surface area contributed by atoms with Gasteiger partial charge in [0, 0.05) is 65.0 Å². The highest BCUT2D eigenvalue weighted by molar-refractivity contribution is 7.13. The third kappa shape index (κ3) is 2.84. The van der Waals surface area contributed by atoms with E-state index in [2.05, 4.69) is 15.0 Å². The number of rotatable bonds is 3. The van der Waals surface area contributed by atoms with Gasteiger partial charge in [-0.25, -0.2) is 4.98 Å². The number of hydrogen-bond donors (Lipinski definition) is 0. The van der Waals surface area contributed by atoms with Crippen LogP contribution in [0.15, 0.2) is 72.6 Å². The average molecular weight is 474 g/mol. The number of carbonyl (C=O) groups excluding carboxylic acids is 2. The number of benzene rings is 1. The van der Waals surface area contributed by atoms with E-state index in [9.17, 15) is 9.59 Å². The van der Waals surface area contributed by atoms with Crippen molar-refractivity contribution in [1.29, 1.82) is 0 Å². The number of fused-ring (bicyclic) bond motifs is 3. The van der Waals surface area contributed by atoms with Crippen LogP contribution in [-0.4, -0.2) is 49.7 Å². The molecule has 1 saturated heterocycles. The van der Waals surface area contributed by atoms with E-state index in [1.54, 1.807) is 58.2 Å². The fourth-order valence-electron chi connectivity index (χ4n) is 4.74. The van der Waals surface area contributed by atoms with Gasteiger partial charge in [0.25, 0.3) is 11.8 Å². The largest absolute Gasteiger partial charge is 0.306 e. The van der Waals surface area contributed by atoms with Gasteiger partial charge in [-0.3, -0.25) is 19.6 Å². The number of aromatic nitrogens is 3. The van der Waals surface area contributed by atoms with Gasteiger partial charge in [-0.15, -0.1) is 11.3 Å². The van der Waals surface area contributed by atoms with Gasteiger partial charge in [0.1, 0.15) is 10.7 Å². The monoisotopic (exact) mass is 473 g/mol. The van der Waals surface area contributed by atoms with Gasteiger partial charge in [-0.2, -0.15) is 0 Å². The molecule has 2 amide bonds. The Morgan fingerprint density at radius 1 is 1.03 bits per heavy atom. The van der Waals surface area contributed by atoms with Crippen LogP contribution in [0.2, 0.25) is 5.02 Å². The quantitative estimate of drug-likeness (QED) is 0.448. The Morgan fingerprint density at radius 3 is 2.64 bits per heavy atom. The normalized spacial score (nSPS) is 19.0. The molecule has 162 valence electrons. The van der Waals surface area contributed by atoms with E-state index in [0.29, 0.717) is 39.9 Å². The van der Waals surface area contributed by atoms with Crippen LogP contribution >= 0.6 is 22.9 Å². The van der Waals surface area contributed by atoms with Crippen molar-refractivity contribution in [3.8, 4) is 10.6 Å². The minimum absolute atomic E-state index is 0.119. The lowest BCUT2D eigenvalue weighted by Gasteiger charge is -2.40. The number of halogens is 1. The first-order valence-electron chi connectivity index (χ1n) is 10.3. The second kappa shape index (κ2) is 7.47. The highest BCUT2D eigenvalue weighted by Crippen LogP contribution is 2.50. The van der Waals surface area contributed by atoms with E-state index < -0.39 is 5.66 Å². The zero-order valence-electron chi connectivity index (χ0n) is 17.2. The van der Waals surface area contributed by atoms with Gasteiger partial charge in [0.2, 0.25) is 0 Å². The second-order valence-corrected chi connectivity index (χ2v) is 9.09. The first-order chi connectivity index (χ1) is 16.1. The molecule has 0 aliphatic carbocycles. The van der Waals surface area contributed by atoms with Crippen LogP contribution in [0, 0.1) is 0 Å². The van der Waals surface area contributed by atoms with E-state index in [0.717, 1.165) is 11.1 Å². The Bertz CT molecular complexity index is 1390. The molecule has 2 aliphatic rings. The molecule has 1 aromatic carbocycles. The summed E-state index contributed by atoms with van der Waals surface area (Å²) >= 11 is 7.55. The first-order valence-corrected chi connectivity index (χ1v) is 11.6. The van der Waals surface area contributed by atoms with Crippen molar-refractivity contribution in [2.45, 2.75) is 5.66 Å². The Morgan fingerprint density at radius 2 is 1.85 bits per heavy atom. The molecule has 7 nitrogen and oxygen atoms in total. The van der Waals surface area contributed by atoms with Crippen molar-refractivity contribution in [3.05, 3.63) is 100 Å². The Kier molecular flexibility index (Phi) is 4.53. The first kappa shape index (κ1) is 20.0. The lowest BCUT2D eigenvalue weighted by molar-refractivity contribution is 0.0371. The highest BCUT2D eigenvalue weighted by Gasteiger charge is 2.60.